The number of aryl methyl sites for hydroxylation is 4. The molecule has 1 aliphatic rings. The zero-order chi connectivity index (χ0) is 20.4. The van der Waals surface area contributed by atoms with Crippen molar-refractivity contribution in [3.8, 4) is 11.3 Å². The summed E-state index contributed by atoms with van der Waals surface area (Å²) in [5.41, 5.74) is 3.92. The van der Waals surface area contributed by atoms with Crippen molar-refractivity contribution >= 4 is 5.91 Å². The van der Waals surface area contributed by atoms with Gasteiger partial charge in [0.2, 0.25) is 0 Å². The van der Waals surface area contributed by atoms with E-state index in [0.29, 0.717) is 25.4 Å². The molecule has 1 aliphatic heterocycles. The fourth-order valence-electron chi connectivity index (χ4n) is 3.60. The maximum absolute atomic E-state index is 12.6. The molecule has 3 aromatic heterocycles. The standard InChI is InChI=1S/C20H24N6O3/c1-13-19(14(2)29-24-13)18-10-15(21-12-22-18)4-5-16-11-26(8-9-28-16)20(27)17-6-7-25(3)23-17/h6-7,10,12,16H,4-5,8-9,11H2,1-3H3. The summed E-state index contributed by atoms with van der Waals surface area (Å²) < 4.78 is 12.8. The van der Waals surface area contributed by atoms with Crippen molar-refractivity contribution in [2.75, 3.05) is 19.7 Å². The summed E-state index contributed by atoms with van der Waals surface area (Å²) in [6, 6.07) is 3.70. The first-order valence-corrected chi connectivity index (χ1v) is 9.66. The van der Waals surface area contributed by atoms with Gasteiger partial charge in [-0.1, -0.05) is 5.16 Å². The van der Waals surface area contributed by atoms with E-state index in [-0.39, 0.29) is 12.0 Å². The van der Waals surface area contributed by atoms with Gasteiger partial charge < -0.3 is 14.2 Å². The van der Waals surface area contributed by atoms with Crippen molar-refractivity contribution in [2.24, 2.45) is 7.05 Å². The number of carbonyl (C=O) groups excluding carboxylic acids is 1. The summed E-state index contributed by atoms with van der Waals surface area (Å²) in [7, 11) is 1.80. The summed E-state index contributed by atoms with van der Waals surface area (Å²) in [5.74, 6) is 0.688. The number of aromatic nitrogens is 5. The first-order chi connectivity index (χ1) is 14.0. The van der Waals surface area contributed by atoms with Gasteiger partial charge in [-0.05, 0) is 38.8 Å². The van der Waals surface area contributed by atoms with Crippen LogP contribution in [0.25, 0.3) is 11.3 Å². The molecule has 4 rings (SSSR count). The van der Waals surface area contributed by atoms with Gasteiger partial charge in [0.15, 0.2) is 0 Å². The Kier molecular flexibility index (Phi) is 5.39. The molecule has 1 saturated heterocycles. The SMILES string of the molecule is Cc1noc(C)c1-c1cc(CCC2CN(C(=O)c3ccn(C)n3)CCO2)ncn1. The molecule has 0 N–H and O–H groups in total. The molecule has 9 nitrogen and oxygen atoms in total. The predicted molar refractivity (Wildman–Crippen MR) is 104 cm³/mol. The number of rotatable bonds is 5. The number of ether oxygens (including phenoxy) is 1. The van der Waals surface area contributed by atoms with Gasteiger partial charge in [-0.3, -0.25) is 9.48 Å². The number of carbonyl (C=O) groups is 1. The van der Waals surface area contributed by atoms with Gasteiger partial charge in [0, 0.05) is 32.0 Å². The van der Waals surface area contributed by atoms with Crippen LogP contribution in [0.1, 0.15) is 34.1 Å². The van der Waals surface area contributed by atoms with Gasteiger partial charge in [-0.25, -0.2) is 9.97 Å². The molecule has 3 aromatic rings. The minimum atomic E-state index is -0.0540. The monoisotopic (exact) mass is 396 g/mol. The van der Waals surface area contributed by atoms with Crippen LogP contribution in [-0.2, 0) is 18.2 Å². The Morgan fingerprint density at radius 1 is 1.31 bits per heavy atom. The number of amides is 1. The third-order valence-electron chi connectivity index (χ3n) is 5.09. The molecule has 1 atom stereocenters. The van der Waals surface area contributed by atoms with E-state index in [9.17, 15) is 4.79 Å². The molecule has 0 bridgehead atoms. The largest absolute Gasteiger partial charge is 0.375 e. The van der Waals surface area contributed by atoms with Gasteiger partial charge in [-0.2, -0.15) is 5.10 Å². The second-order valence-electron chi connectivity index (χ2n) is 7.25. The van der Waals surface area contributed by atoms with Gasteiger partial charge >= 0.3 is 0 Å². The van der Waals surface area contributed by atoms with Crippen molar-refractivity contribution in [1.29, 1.82) is 0 Å². The molecule has 9 heteroatoms. The summed E-state index contributed by atoms with van der Waals surface area (Å²) in [6.45, 7) is 5.43. The van der Waals surface area contributed by atoms with Crippen molar-refractivity contribution in [1.82, 2.24) is 29.8 Å². The molecule has 152 valence electrons. The Hall–Kier alpha value is -3.07. The fourth-order valence-corrected chi connectivity index (χ4v) is 3.60. The van der Waals surface area contributed by atoms with E-state index in [1.54, 1.807) is 30.3 Å². The van der Waals surface area contributed by atoms with Crippen LogP contribution in [0.5, 0.6) is 0 Å². The molecule has 0 radical (unpaired) electrons. The van der Waals surface area contributed by atoms with Crippen LogP contribution < -0.4 is 0 Å². The summed E-state index contributed by atoms with van der Waals surface area (Å²) in [4.78, 5) is 23.2. The summed E-state index contributed by atoms with van der Waals surface area (Å²) >= 11 is 0. The number of hydrogen-bond acceptors (Lipinski definition) is 7. The lowest BCUT2D eigenvalue weighted by Gasteiger charge is -2.32. The van der Waals surface area contributed by atoms with Crippen molar-refractivity contribution in [2.45, 2.75) is 32.8 Å². The quantitative estimate of drug-likeness (QED) is 0.650. The Morgan fingerprint density at radius 3 is 2.90 bits per heavy atom. The minimum Gasteiger partial charge on any atom is -0.375 e. The molecule has 0 aliphatic carbocycles. The molecule has 1 fully saturated rings. The Morgan fingerprint density at radius 2 is 2.17 bits per heavy atom. The van der Waals surface area contributed by atoms with Gasteiger partial charge in [0.05, 0.1) is 29.7 Å². The van der Waals surface area contributed by atoms with Crippen molar-refractivity contribution in [3.63, 3.8) is 0 Å². The third-order valence-corrected chi connectivity index (χ3v) is 5.09. The zero-order valence-electron chi connectivity index (χ0n) is 16.8. The number of hydrogen-bond donors (Lipinski definition) is 0. The van der Waals surface area contributed by atoms with E-state index >= 15 is 0 Å². The Balaban J connectivity index is 1.39. The normalized spacial score (nSPS) is 16.9. The van der Waals surface area contributed by atoms with E-state index < -0.39 is 0 Å². The third kappa shape index (κ3) is 4.19. The van der Waals surface area contributed by atoms with E-state index in [4.69, 9.17) is 9.26 Å². The lowest BCUT2D eigenvalue weighted by atomic mass is 10.1. The lowest BCUT2D eigenvalue weighted by molar-refractivity contribution is -0.0248. The highest BCUT2D eigenvalue weighted by Gasteiger charge is 2.26. The van der Waals surface area contributed by atoms with Gasteiger partial charge in [0.1, 0.15) is 17.8 Å². The molecule has 1 amide bonds. The van der Waals surface area contributed by atoms with Crippen LogP contribution in [-0.4, -0.2) is 61.5 Å². The van der Waals surface area contributed by atoms with Crippen molar-refractivity contribution < 1.29 is 14.1 Å². The summed E-state index contributed by atoms with van der Waals surface area (Å²) in [6.07, 6.45) is 4.81. The fraction of sp³-hybridized carbons (Fsp3) is 0.450. The number of morpholine rings is 1. The number of nitrogens with zero attached hydrogens (tertiary/aromatic N) is 6. The van der Waals surface area contributed by atoms with E-state index in [1.807, 2.05) is 24.8 Å². The Bertz CT molecular complexity index is 992. The first-order valence-electron chi connectivity index (χ1n) is 9.66. The average Bonchev–Trinajstić information content (AvgIpc) is 3.31. The average molecular weight is 396 g/mol. The van der Waals surface area contributed by atoms with E-state index in [1.165, 1.54) is 0 Å². The van der Waals surface area contributed by atoms with Crippen molar-refractivity contribution in [3.05, 3.63) is 47.5 Å². The van der Waals surface area contributed by atoms with Crippen LogP contribution in [0.2, 0.25) is 0 Å². The summed E-state index contributed by atoms with van der Waals surface area (Å²) in [5, 5.41) is 8.20. The van der Waals surface area contributed by atoms with Crippen LogP contribution in [0.15, 0.2) is 29.2 Å². The molecule has 0 aromatic carbocycles. The Labute approximate surface area is 168 Å². The van der Waals surface area contributed by atoms with Crippen LogP contribution in [0.3, 0.4) is 0 Å². The van der Waals surface area contributed by atoms with Crippen LogP contribution in [0.4, 0.5) is 0 Å². The smallest absolute Gasteiger partial charge is 0.274 e. The highest BCUT2D eigenvalue weighted by atomic mass is 16.5. The molecular weight excluding hydrogens is 372 g/mol. The molecular formula is C20H24N6O3. The first kappa shape index (κ1) is 19.3. The second kappa shape index (κ2) is 8.12. The molecule has 4 heterocycles. The van der Waals surface area contributed by atoms with E-state index in [2.05, 4.69) is 20.2 Å². The predicted octanol–water partition coefficient (Wildman–Crippen LogP) is 1.96. The molecule has 1 unspecified atom stereocenters. The zero-order valence-corrected chi connectivity index (χ0v) is 16.8. The van der Waals surface area contributed by atoms with Crippen LogP contribution in [0, 0.1) is 13.8 Å². The molecule has 0 spiro atoms. The lowest BCUT2D eigenvalue weighted by Crippen LogP contribution is -2.45. The molecule has 0 saturated carbocycles. The molecule has 29 heavy (non-hydrogen) atoms. The van der Waals surface area contributed by atoms with E-state index in [0.717, 1.165) is 41.2 Å². The highest BCUT2D eigenvalue weighted by molar-refractivity contribution is 5.92. The van der Waals surface area contributed by atoms with Gasteiger partial charge in [0.25, 0.3) is 5.91 Å². The maximum Gasteiger partial charge on any atom is 0.274 e. The van der Waals surface area contributed by atoms with Crippen LogP contribution >= 0.6 is 0 Å². The minimum absolute atomic E-state index is 0.0334. The maximum atomic E-state index is 12.6. The second-order valence-corrected chi connectivity index (χ2v) is 7.25. The van der Waals surface area contributed by atoms with Gasteiger partial charge in [-0.15, -0.1) is 0 Å². The topological polar surface area (TPSA) is 99.2 Å². The highest BCUT2D eigenvalue weighted by Crippen LogP contribution is 2.25.